The molecular formula is C11H16ClN3O. The maximum absolute atomic E-state index is 9.20. The van der Waals surface area contributed by atoms with Crippen LogP contribution in [0.3, 0.4) is 0 Å². The predicted molar refractivity (Wildman–Crippen MR) is 62.1 cm³/mol. The Morgan fingerprint density at radius 1 is 1.44 bits per heavy atom. The highest BCUT2D eigenvalue weighted by Crippen LogP contribution is 2.27. The fourth-order valence-corrected chi connectivity index (χ4v) is 2.15. The Hall–Kier alpha value is -0.710. The molecule has 1 fully saturated rings. The van der Waals surface area contributed by atoms with Gasteiger partial charge in [-0.25, -0.2) is 4.98 Å². The number of aromatic nitrogens is 2. The molecule has 1 aromatic rings. The van der Waals surface area contributed by atoms with E-state index in [1.54, 1.807) is 12.4 Å². The van der Waals surface area contributed by atoms with Crippen LogP contribution in [0.5, 0.6) is 0 Å². The fourth-order valence-electron chi connectivity index (χ4n) is 2.05. The van der Waals surface area contributed by atoms with Gasteiger partial charge < -0.3 is 10.0 Å². The number of hydrogen-bond acceptors (Lipinski definition) is 4. The van der Waals surface area contributed by atoms with Gasteiger partial charge in [0.1, 0.15) is 5.15 Å². The normalized spacial score (nSPS) is 24.5. The van der Waals surface area contributed by atoms with Crippen molar-refractivity contribution in [2.45, 2.75) is 25.5 Å². The largest absolute Gasteiger partial charge is 0.393 e. The third-order valence-electron chi connectivity index (χ3n) is 2.89. The zero-order valence-electron chi connectivity index (χ0n) is 9.30. The van der Waals surface area contributed by atoms with E-state index in [1.165, 1.54) is 0 Å². The van der Waals surface area contributed by atoms with Gasteiger partial charge in [0.05, 0.1) is 24.2 Å². The second-order valence-electron chi connectivity index (χ2n) is 4.52. The Kier molecular flexibility index (Phi) is 3.74. The maximum Gasteiger partial charge on any atom is 0.147 e. The molecule has 0 atom stereocenters. The summed E-state index contributed by atoms with van der Waals surface area (Å²) in [5.74, 6) is 0.625. The van der Waals surface area contributed by atoms with Crippen molar-refractivity contribution in [2.75, 3.05) is 13.6 Å². The van der Waals surface area contributed by atoms with Gasteiger partial charge in [0.15, 0.2) is 0 Å². The molecule has 0 unspecified atom stereocenters. The predicted octanol–water partition coefficient (Wildman–Crippen LogP) is 1.33. The van der Waals surface area contributed by atoms with Crippen LogP contribution < -0.4 is 0 Å². The molecule has 0 aliphatic heterocycles. The Balaban J connectivity index is 1.78. The van der Waals surface area contributed by atoms with Crippen LogP contribution in [0.25, 0.3) is 0 Å². The zero-order valence-corrected chi connectivity index (χ0v) is 10.1. The molecule has 0 radical (unpaired) electrons. The van der Waals surface area contributed by atoms with E-state index in [0.717, 1.165) is 31.6 Å². The van der Waals surface area contributed by atoms with E-state index in [1.807, 2.05) is 0 Å². The molecule has 1 aliphatic rings. The van der Waals surface area contributed by atoms with Crippen LogP contribution in [-0.2, 0) is 6.54 Å². The summed E-state index contributed by atoms with van der Waals surface area (Å²) >= 11 is 5.67. The first kappa shape index (κ1) is 11.8. The first-order chi connectivity index (χ1) is 7.63. The van der Waals surface area contributed by atoms with Crippen molar-refractivity contribution < 1.29 is 5.11 Å². The molecule has 88 valence electrons. The third-order valence-corrected chi connectivity index (χ3v) is 3.08. The number of aliphatic hydroxyl groups is 1. The van der Waals surface area contributed by atoms with Gasteiger partial charge in [0, 0.05) is 13.1 Å². The van der Waals surface area contributed by atoms with Gasteiger partial charge in [0.25, 0.3) is 0 Å². The van der Waals surface area contributed by atoms with Crippen LogP contribution in [0.15, 0.2) is 12.4 Å². The van der Waals surface area contributed by atoms with Crippen LogP contribution in [0.4, 0.5) is 0 Å². The minimum atomic E-state index is -0.0753. The van der Waals surface area contributed by atoms with Gasteiger partial charge >= 0.3 is 0 Å². The van der Waals surface area contributed by atoms with Crippen LogP contribution in [0.2, 0.25) is 5.15 Å². The van der Waals surface area contributed by atoms with E-state index in [-0.39, 0.29) is 6.10 Å². The summed E-state index contributed by atoms with van der Waals surface area (Å²) in [6.07, 6.45) is 5.05. The molecule has 0 bridgehead atoms. The highest BCUT2D eigenvalue weighted by atomic mass is 35.5. The lowest BCUT2D eigenvalue weighted by atomic mass is 9.82. The first-order valence-electron chi connectivity index (χ1n) is 5.46. The van der Waals surface area contributed by atoms with Crippen LogP contribution in [0, 0.1) is 5.92 Å². The molecule has 0 saturated heterocycles. The van der Waals surface area contributed by atoms with Crippen molar-refractivity contribution in [1.82, 2.24) is 14.9 Å². The summed E-state index contributed by atoms with van der Waals surface area (Å²) in [5.41, 5.74) is 0.923. The van der Waals surface area contributed by atoms with Crippen molar-refractivity contribution in [3.8, 4) is 0 Å². The summed E-state index contributed by atoms with van der Waals surface area (Å²) in [7, 11) is 2.06. The molecular weight excluding hydrogens is 226 g/mol. The molecule has 1 N–H and O–H groups in total. The lowest BCUT2D eigenvalue weighted by molar-refractivity contribution is 0.0272. The number of nitrogens with zero attached hydrogens (tertiary/aromatic N) is 3. The quantitative estimate of drug-likeness (QED) is 0.864. The average Bonchev–Trinajstić information content (AvgIpc) is 2.19. The molecule has 1 aliphatic carbocycles. The number of hydrogen-bond donors (Lipinski definition) is 1. The second kappa shape index (κ2) is 5.08. The molecule has 1 aromatic heterocycles. The van der Waals surface area contributed by atoms with Gasteiger partial charge in [-0.15, -0.1) is 0 Å². The van der Waals surface area contributed by atoms with Gasteiger partial charge in [-0.2, -0.15) is 0 Å². The molecule has 0 amide bonds. The monoisotopic (exact) mass is 241 g/mol. The van der Waals surface area contributed by atoms with E-state index in [0.29, 0.717) is 11.1 Å². The SMILES string of the molecule is CN(Cc1cnc(Cl)cn1)CC1CC(O)C1. The van der Waals surface area contributed by atoms with Crippen molar-refractivity contribution in [1.29, 1.82) is 0 Å². The number of rotatable bonds is 4. The first-order valence-corrected chi connectivity index (χ1v) is 5.84. The molecule has 1 saturated carbocycles. The van der Waals surface area contributed by atoms with Crippen LogP contribution >= 0.6 is 11.6 Å². The highest BCUT2D eigenvalue weighted by Gasteiger charge is 2.27. The van der Waals surface area contributed by atoms with Gasteiger partial charge in [-0.05, 0) is 25.8 Å². The molecule has 1 heterocycles. The summed E-state index contributed by atoms with van der Waals surface area (Å²) in [5, 5.41) is 9.62. The van der Waals surface area contributed by atoms with E-state index in [2.05, 4.69) is 21.9 Å². The lowest BCUT2D eigenvalue weighted by Gasteiger charge is -2.34. The molecule has 4 nitrogen and oxygen atoms in total. The van der Waals surface area contributed by atoms with E-state index in [9.17, 15) is 5.11 Å². The Morgan fingerprint density at radius 2 is 2.19 bits per heavy atom. The second-order valence-corrected chi connectivity index (χ2v) is 4.91. The van der Waals surface area contributed by atoms with E-state index in [4.69, 9.17) is 11.6 Å². The van der Waals surface area contributed by atoms with Gasteiger partial charge in [-0.3, -0.25) is 4.98 Å². The molecule has 0 aromatic carbocycles. The summed E-state index contributed by atoms with van der Waals surface area (Å²) < 4.78 is 0. The Labute approximate surface area is 100 Å². The fraction of sp³-hybridized carbons (Fsp3) is 0.636. The van der Waals surface area contributed by atoms with Crippen molar-refractivity contribution in [3.05, 3.63) is 23.2 Å². The average molecular weight is 242 g/mol. The summed E-state index contributed by atoms with van der Waals surface area (Å²) in [4.78, 5) is 10.4. The highest BCUT2D eigenvalue weighted by molar-refractivity contribution is 6.29. The van der Waals surface area contributed by atoms with E-state index >= 15 is 0 Å². The minimum Gasteiger partial charge on any atom is -0.393 e. The molecule has 5 heteroatoms. The minimum absolute atomic E-state index is 0.0753. The lowest BCUT2D eigenvalue weighted by Crippen LogP contribution is -2.36. The van der Waals surface area contributed by atoms with Crippen molar-refractivity contribution >= 4 is 11.6 Å². The number of halogens is 1. The van der Waals surface area contributed by atoms with Crippen molar-refractivity contribution in [2.24, 2.45) is 5.92 Å². The third kappa shape index (κ3) is 3.14. The van der Waals surface area contributed by atoms with Gasteiger partial charge in [0.2, 0.25) is 0 Å². The topological polar surface area (TPSA) is 49.2 Å². The summed E-state index contributed by atoms with van der Waals surface area (Å²) in [6.45, 7) is 1.78. The summed E-state index contributed by atoms with van der Waals surface area (Å²) in [6, 6.07) is 0. The molecule has 16 heavy (non-hydrogen) atoms. The maximum atomic E-state index is 9.20. The Bertz CT molecular complexity index is 338. The molecule has 0 spiro atoms. The number of aliphatic hydroxyl groups excluding tert-OH is 1. The van der Waals surface area contributed by atoms with Crippen LogP contribution in [-0.4, -0.2) is 39.7 Å². The Morgan fingerprint density at radius 3 is 2.75 bits per heavy atom. The van der Waals surface area contributed by atoms with Crippen LogP contribution in [0.1, 0.15) is 18.5 Å². The molecule has 2 rings (SSSR count). The zero-order chi connectivity index (χ0) is 11.5. The van der Waals surface area contributed by atoms with Crippen molar-refractivity contribution in [3.63, 3.8) is 0 Å². The van der Waals surface area contributed by atoms with Gasteiger partial charge in [-0.1, -0.05) is 11.6 Å². The smallest absolute Gasteiger partial charge is 0.147 e. The van der Waals surface area contributed by atoms with E-state index < -0.39 is 0 Å². The standard InChI is InChI=1S/C11H16ClN3O/c1-15(6-8-2-10(16)3-8)7-9-4-14-11(12)5-13-9/h4-5,8,10,16H,2-3,6-7H2,1H3.